The highest BCUT2D eigenvalue weighted by Gasteiger charge is 2.43. The van der Waals surface area contributed by atoms with E-state index in [0.29, 0.717) is 10.8 Å². The highest BCUT2D eigenvalue weighted by Crippen LogP contribution is 2.40. The minimum absolute atomic E-state index is 0.0261. The molecular weight excluding hydrogens is 542 g/mol. The number of amides is 2. The maximum Gasteiger partial charge on any atom is 0.276 e. The molecule has 2 amide bonds. The van der Waals surface area contributed by atoms with E-state index < -0.39 is 17.5 Å². The molecule has 0 saturated carbocycles. The van der Waals surface area contributed by atoms with Gasteiger partial charge in [0.1, 0.15) is 24.4 Å². The number of benzene rings is 3. The molecule has 1 aliphatic heterocycles. The van der Waals surface area contributed by atoms with Crippen LogP contribution in [-0.2, 0) is 20.0 Å². The zero-order valence-corrected chi connectivity index (χ0v) is 23.7. The van der Waals surface area contributed by atoms with Crippen LogP contribution in [0.5, 0.6) is 0 Å². The van der Waals surface area contributed by atoms with Crippen LogP contribution in [0.2, 0.25) is 0 Å². The van der Waals surface area contributed by atoms with Crippen molar-refractivity contribution in [2.24, 2.45) is 5.16 Å². The van der Waals surface area contributed by atoms with Gasteiger partial charge in [0.15, 0.2) is 10.8 Å². The summed E-state index contributed by atoms with van der Waals surface area (Å²) in [5.74, 6) is -0.826. The predicted molar refractivity (Wildman–Crippen MR) is 161 cm³/mol. The van der Waals surface area contributed by atoms with Gasteiger partial charge in [0.2, 0.25) is 5.91 Å². The van der Waals surface area contributed by atoms with Crippen LogP contribution in [0.3, 0.4) is 0 Å². The molecular formula is C30H29N5O3S2. The zero-order valence-electron chi connectivity index (χ0n) is 21.9. The van der Waals surface area contributed by atoms with Crippen molar-refractivity contribution in [1.29, 1.82) is 0 Å². The number of aromatic nitrogens is 1. The Labute approximate surface area is 242 Å². The van der Waals surface area contributed by atoms with Gasteiger partial charge in [0, 0.05) is 10.6 Å². The first-order valence-electron chi connectivity index (χ1n) is 12.7. The average molecular weight is 572 g/mol. The van der Waals surface area contributed by atoms with Crippen LogP contribution in [0.1, 0.15) is 29.3 Å². The summed E-state index contributed by atoms with van der Waals surface area (Å²) in [6.07, 6.45) is 0. The fourth-order valence-corrected chi connectivity index (χ4v) is 5.84. The second-order valence-electron chi connectivity index (χ2n) is 9.36. The van der Waals surface area contributed by atoms with E-state index in [2.05, 4.69) is 70.1 Å². The van der Waals surface area contributed by atoms with Crippen LogP contribution in [0.4, 0.5) is 5.13 Å². The van der Waals surface area contributed by atoms with Gasteiger partial charge < -0.3 is 20.8 Å². The van der Waals surface area contributed by atoms with Gasteiger partial charge in [-0.2, -0.15) is 12.6 Å². The van der Waals surface area contributed by atoms with Gasteiger partial charge in [-0.1, -0.05) is 103 Å². The number of thiazole rings is 1. The van der Waals surface area contributed by atoms with Gasteiger partial charge in [-0.15, -0.1) is 11.3 Å². The lowest BCUT2D eigenvalue weighted by atomic mass is 9.77. The normalized spacial score (nSPS) is 17.8. The molecule has 2 heterocycles. The standard InChI is InChI=1S/C30H29N5O3S2/c1-19(39)24-26(28(37)32-24)33-27(36)25(35-38-2)23-18-40-29(31-23)34-30(20-12-6-3-7-13-20,21-14-8-4-9-15-21)22-16-10-5-11-17-22/h3-19,24,26,39H,1-2H3,(H,31,34)(H,32,37)(H,33,36)/b35-25+. The number of rotatable bonds is 10. The average Bonchev–Trinajstić information content (AvgIpc) is 3.45. The number of nitrogens with zero attached hydrogens (tertiary/aromatic N) is 2. The van der Waals surface area contributed by atoms with Crippen LogP contribution in [-0.4, -0.2) is 47.0 Å². The van der Waals surface area contributed by atoms with Crippen LogP contribution in [0, 0.1) is 0 Å². The molecule has 3 unspecified atom stereocenters. The third kappa shape index (κ3) is 5.32. The van der Waals surface area contributed by atoms with Crippen molar-refractivity contribution in [2.45, 2.75) is 29.8 Å². The van der Waals surface area contributed by atoms with E-state index >= 15 is 0 Å². The number of hydrogen-bond donors (Lipinski definition) is 4. The maximum atomic E-state index is 13.2. The van der Waals surface area contributed by atoms with Crippen molar-refractivity contribution >= 4 is 46.6 Å². The summed E-state index contributed by atoms with van der Waals surface area (Å²) in [7, 11) is 1.36. The van der Waals surface area contributed by atoms with E-state index in [1.165, 1.54) is 18.4 Å². The van der Waals surface area contributed by atoms with Gasteiger partial charge >= 0.3 is 0 Å². The van der Waals surface area contributed by atoms with Gasteiger partial charge in [-0.05, 0) is 16.7 Å². The molecule has 0 bridgehead atoms. The smallest absolute Gasteiger partial charge is 0.276 e. The summed E-state index contributed by atoms with van der Waals surface area (Å²) in [5, 5.41) is 15.3. The molecule has 3 atom stereocenters. The zero-order chi connectivity index (χ0) is 28.1. The lowest BCUT2D eigenvalue weighted by molar-refractivity contribution is -0.134. The minimum Gasteiger partial charge on any atom is -0.398 e. The summed E-state index contributed by atoms with van der Waals surface area (Å²) in [4.78, 5) is 35.1. The number of β-lactam (4-membered cyclic amide) rings is 1. The first-order valence-corrected chi connectivity index (χ1v) is 14.1. The monoisotopic (exact) mass is 571 g/mol. The minimum atomic E-state index is -0.778. The summed E-state index contributed by atoms with van der Waals surface area (Å²) in [6.45, 7) is 1.85. The van der Waals surface area contributed by atoms with Crippen LogP contribution in [0.25, 0.3) is 0 Å². The van der Waals surface area contributed by atoms with Crippen molar-refractivity contribution in [2.75, 3.05) is 12.4 Å². The lowest BCUT2D eigenvalue weighted by Crippen LogP contribution is -2.72. The molecule has 8 nitrogen and oxygen atoms in total. The van der Waals surface area contributed by atoms with Gasteiger partial charge in [-0.3, -0.25) is 9.59 Å². The van der Waals surface area contributed by atoms with E-state index in [1.807, 2.05) is 61.5 Å². The van der Waals surface area contributed by atoms with Gasteiger partial charge in [-0.25, -0.2) is 4.98 Å². The molecule has 0 aliphatic carbocycles. The number of nitrogens with one attached hydrogen (secondary N) is 3. The quantitative estimate of drug-likeness (QED) is 0.0751. The number of thiol groups is 1. The summed E-state index contributed by atoms with van der Waals surface area (Å²) in [5.41, 5.74) is 2.59. The SMILES string of the molecule is CO/N=C(/C(=O)NC1C(=O)NC1C(C)S)c1csc(NC(c2ccccc2)(c2ccccc2)c2ccccc2)n1. The molecule has 0 radical (unpaired) electrons. The molecule has 3 N–H and O–H groups in total. The van der Waals surface area contributed by atoms with E-state index in [4.69, 9.17) is 9.82 Å². The number of anilines is 1. The van der Waals surface area contributed by atoms with Crippen LogP contribution >= 0.6 is 24.0 Å². The predicted octanol–water partition coefficient (Wildman–Crippen LogP) is 4.20. The number of hydrogen-bond acceptors (Lipinski definition) is 8. The number of carbonyl (C=O) groups excluding carboxylic acids is 2. The van der Waals surface area contributed by atoms with E-state index in [9.17, 15) is 9.59 Å². The van der Waals surface area contributed by atoms with Crippen molar-refractivity contribution in [3.8, 4) is 0 Å². The molecule has 1 fully saturated rings. The molecule has 1 aliphatic rings. The van der Waals surface area contributed by atoms with Gasteiger partial charge in [0.05, 0.1) is 6.04 Å². The Hall–Kier alpha value is -4.15. The van der Waals surface area contributed by atoms with E-state index in [1.54, 1.807) is 5.38 Å². The lowest BCUT2D eigenvalue weighted by Gasteiger charge is -2.39. The number of carbonyl (C=O) groups is 2. The fourth-order valence-electron chi connectivity index (χ4n) is 4.85. The first kappa shape index (κ1) is 27.4. The summed E-state index contributed by atoms with van der Waals surface area (Å²) >= 11 is 5.75. The highest BCUT2D eigenvalue weighted by atomic mass is 32.1. The van der Waals surface area contributed by atoms with Crippen LogP contribution < -0.4 is 16.0 Å². The molecule has 40 heavy (non-hydrogen) atoms. The second-order valence-corrected chi connectivity index (χ2v) is 11.0. The Morgan fingerprint density at radius 1 is 1.00 bits per heavy atom. The first-order chi connectivity index (χ1) is 19.4. The van der Waals surface area contributed by atoms with E-state index in [0.717, 1.165) is 16.7 Å². The van der Waals surface area contributed by atoms with Gasteiger partial charge in [0.25, 0.3) is 5.91 Å². The maximum absolute atomic E-state index is 13.2. The van der Waals surface area contributed by atoms with Crippen molar-refractivity contribution < 1.29 is 14.4 Å². The Balaban J connectivity index is 1.52. The van der Waals surface area contributed by atoms with Crippen molar-refractivity contribution in [1.82, 2.24) is 15.6 Å². The Morgan fingerprint density at radius 2 is 1.52 bits per heavy atom. The topological polar surface area (TPSA) is 105 Å². The molecule has 1 saturated heterocycles. The third-order valence-corrected chi connectivity index (χ3v) is 7.90. The largest absolute Gasteiger partial charge is 0.398 e. The van der Waals surface area contributed by atoms with E-state index in [-0.39, 0.29) is 22.9 Å². The summed E-state index contributed by atoms with van der Waals surface area (Å²) in [6, 6.07) is 29.5. The molecule has 1 aromatic heterocycles. The van der Waals surface area contributed by atoms with Crippen LogP contribution in [0.15, 0.2) is 102 Å². The molecule has 0 spiro atoms. The van der Waals surface area contributed by atoms with Crippen molar-refractivity contribution in [3.63, 3.8) is 0 Å². The Bertz CT molecular complexity index is 1400. The summed E-state index contributed by atoms with van der Waals surface area (Å²) < 4.78 is 0. The molecule has 10 heteroatoms. The second kappa shape index (κ2) is 11.9. The third-order valence-electron chi connectivity index (χ3n) is 6.82. The highest BCUT2D eigenvalue weighted by molar-refractivity contribution is 7.81. The molecule has 3 aromatic carbocycles. The van der Waals surface area contributed by atoms with Crippen molar-refractivity contribution in [3.05, 3.63) is 119 Å². The molecule has 4 aromatic rings. The number of oxime groups is 1. The fraction of sp³-hybridized carbons (Fsp3) is 0.200. The Morgan fingerprint density at radius 3 is 1.98 bits per heavy atom. The Kier molecular flexibility index (Phi) is 8.18. The molecule has 204 valence electrons. The molecule has 5 rings (SSSR count).